The Morgan fingerprint density at radius 2 is 2.17 bits per heavy atom. The Morgan fingerprint density at radius 3 is 2.72 bits per heavy atom. The van der Waals surface area contributed by atoms with Gasteiger partial charge in [-0.3, -0.25) is 4.79 Å². The molecule has 1 saturated heterocycles. The van der Waals surface area contributed by atoms with Gasteiger partial charge in [0.15, 0.2) is 11.9 Å². The standard InChI is InChI=1S/C9H15NO7S/c1-2-16-8(11)6-18(14,15)10-3-4-17-7(5-10)9(12)13/h7H,2-6H2,1H3,(H,12,13). The molecule has 0 aromatic carbocycles. The summed E-state index contributed by atoms with van der Waals surface area (Å²) in [6, 6.07) is 0. The third kappa shape index (κ3) is 3.93. The molecule has 1 rings (SSSR count). The second kappa shape index (κ2) is 6.12. The Labute approximate surface area is 105 Å². The van der Waals surface area contributed by atoms with E-state index in [0.717, 1.165) is 4.31 Å². The smallest absolute Gasteiger partial charge is 0.334 e. The van der Waals surface area contributed by atoms with E-state index in [0.29, 0.717) is 0 Å². The maximum Gasteiger partial charge on any atom is 0.334 e. The molecule has 1 aliphatic rings. The van der Waals surface area contributed by atoms with Crippen molar-refractivity contribution < 1.29 is 32.6 Å². The Hall–Kier alpha value is -1.19. The highest BCUT2D eigenvalue weighted by molar-refractivity contribution is 7.89. The molecule has 18 heavy (non-hydrogen) atoms. The second-order valence-electron chi connectivity index (χ2n) is 3.62. The molecule has 0 bridgehead atoms. The molecule has 1 unspecified atom stereocenters. The van der Waals surface area contributed by atoms with Crippen molar-refractivity contribution in [2.75, 3.05) is 32.1 Å². The number of rotatable bonds is 5. The molecule has 0 spiro atoms. The first-order chi connectivity index (χ1) is 8.36. The van der Waals surface area contributed by atoms with Crippen molar-refractivity contribution in [1.29, 1.82) is 0 Å². The summed E-state index contributed by atoms with van der Waals surface area (Å²) >= 11 is 0. The summed E-state index contributed by atoms with van der Waals surface area (Å²) in [4.78, 5) is 21.9. The molecule has 1 fully saturated rings. The number of hydrogen-bond acceptors (Lipinski definition) is 6. The number of nitrogens with zero attached hydrogens (tertiary/aromatic N) is 1. The molecule has 0 radical (unpaired) electrons. The van der Waals surface area contributed by atoms with Gasteiger partial charge in [0.05, 0.1) is 19.8 Å². The van der Waals surface area contributed by atoms with Crippen LogP contribution in [0, 0.1) is 0 Å². The van der Waals surface area contributed by atoms with E-state index >= 15 is 0 Å². The highest BCUT2D eigenvalue weighted by Crippen LogP contribution is 2.11. The van der Waals surface area contributed by atoms with E-state index in [9.17, 15) is 18.0 Å². The van der Waals surface area contributed by atoms with Gasteiger partial charge in [-0.1, -0.05) is 0 Å². The van der Waals surface area contributed by atoms with E-state index in [1.807, 2.05) is 0 Å². The van der Waals surface area contributed by atoms with E-state index in [-0.39, 0.29) is 26.3 Å². The highest BCUT2D eigenvalue weighted by atomic mass is 32.2. The van der Waals surface area contributed by atoms with Gasteiger partial charge in [0.1, 0.15) is 0 Å². The van der Waals surface area contributed by atoms with Crippen LogP contribution in [0.15, 0.2) is 0 Å². The highest BCUT2D eigenvalue weighted by Gasteiger charge is 2.34. The van der Waals surface area contributed by atoms with Crippen molar-refractivity contribution in [3.63, 3.8) is 0 Å². The summed E-state index contributed by atoms with van der Waals surface area (Å²) in [5.41, 5.74) is 0. The normalized spacial score (nSPS) is 21.5. The molecular formula is C9H15NO7S. The molecular weight excluding hydrogens is 266 g/mol. The van der Waals surface area contributed by atoms with Crippen molar-refractivity contribution in [2.24, 2.45) is 0 Å². The van der Waals surface area contributed by atoms with Crippen molar-refractivity contribution in [1.82, 2.24) is 4.31 Å². The summed E-state index contributed by atoms with van der Waals surface area (Å²) < 4.78 is 34.0. The lowest BCUT2D eigenvalue weighted by Gasteiger charge is -2.29. The number of ether oxygens (including phenoxy) is 2. The van der Waals surface area contributed by atoms with Gasteiger partial charge in [-0.25, -0.2) is 13.2 Å². The molecule has 0 aromatic heterocycles. The van der Waals surface area contributed by atoms with Gasteiger partial charge in [-0.15, -0.1) is 0 Å². The fourth-order valence-electron chi connectivity index (χ4n) is 1.47. The quantitative estimate of drug-likeness (QED) is 0.621. The number of carboxylic acid groups (broad SMARTS) is 1. The third-order valence-corrected chi connectivity index (χ3v) is 4.02. The fraction of sp³-hybridized carbons (Fsp3) is 0.778. The minimum Gasteiger partial charge on any atom is -0.479 e. The summed E-state index contributed by atoms with van der Waals surface area (Å²) in [5.74, 6) is -2.87. The van der Waals surface area contributed by atoms with Crippen molar-refractivity contribution in [3.8, 4) is 0 Å². The molecule has 0 aliphatic carbocycles. The zero-order chi connectivity index (χ0) is 13.8. The zero-order valence-corrected chi connectivity index (χ0v) is 10.7. The number of hydrogen-bond donors (Lipinski definition) is 1. The lowest BCUT2D eigenvalue weighted by atomic mass is 10.3. The molecule has 1 heterocycles. The minimum atomic E-state index is -3.86. The van der Waals surface area contributed by atoms with Crippen LogP contribution in [-0.2, 0) is 29.1 Å². The van der Waals surface area contributed by atoms with Gasteiger partial charge in [-0.2, -0.15) is 4.31 Å². The lowest BCUT2D eigenvalue weighted by Crippen LogP contribution is -2.49. The fourth-order valence-corrected chi connectivity index (χ4v) is 2.75. The summed E-state index contributed by atoms with van der Waals surface area (Å²) in [7, 11) is -3.86. The number of carboxylic acids is 1. The largest absolute Gasteiger partial charge is 0.479 e. The number of aliphatic carboxylic acids is 1. The summed E-state index contributed by atoms with van der Waals surface area (Å²) in [6.45, 7) is 1.39. The maximum absolute atomic E-state index is 11.8. The summed E-state index contributed by atoms with van der Waals surface area (Å²) in [5, 5.41) is 8.75. The van der Waals surface area contributed by atoms with Crippen LogP contribution >= 0.6 is 0 Å². The SMILES string of the molecule is CCOC(=O)CS(=O)(=O)N1CCOC(C(=O)O)C1. The molecule has 8 nitrogen and oxygen atoms in total. The van der Waals surface area contributed by atoms with Crippen LogP contribution in [0.1, 0.15) is 6.92 Å². The topological polar surface area (TPSA) is 110 Å². The van der Waals surface area contributed by atoms with Crippen LogP contribution in [0.5, 0.6) is 0 Å². The average Bonchev–Trinajstić information content (AvgIpc) is 2.28. The van der Waals surface area contributed by atoms with E-state index in [4.69, 9.17) is 9.84 Å². The van der Waals surface area contributed by atoms with Gasteiger partial charge in [0.2, 0.25) is 10.0 Å². The second-order valence-corrected chi connectivity index (χ2v) is 5.59. The Morgan fingerprint density at radius 1 is 1.50 bits per heavy atom. The van der Waals surface area contributed by atoms with Gasteiger partial charge < -0.3 is 14.6 Å². The number of esters is 1. The van der Waals surface area contributed by atoms with E-state index in [1.54, 1.807) is 6.92 Å². The first-order valence-corrected chi connectivity index (χ1v) is 6.95. The van der Waals surface area contributed by atoms with Crippen molar-refractivity contribution in [3.05, 3.63) is 0 Å². The van der Waals surface area contributed by atoms with E-state index in [1.165, 1.54) is 0 Å². The Kier molecular flexibility index (Phi) is 5.05. The van der Waals surface area contributed by atoms with E-state index < -0.39 is 33.8 Å². The van der Waals surface area contributed by atoms with Gasteiger partial charge in [0.25, 0.3) is 0 Å². The molecule has 1 N–H and O–H groups in total. The molecule has 0 aromatic rings. The van der Waals surface area contributed by atoms with Crippen LogP contribution < -0.4 is 0 Å². The number of morpholine rings is 1. The first-order valence-electron chi connectivity index (χ1n) is 5.34. The van der Waals surface area contributed by atoms with Crippen LogP contribution in [0.2, 0.25) is 0 Å². The average molecular weight is 281 g/mol. The third-order valence-electron chi connectivity index (χ3n) is 2.30. The lowest BCUT2D eigenvalue weighted by molar-refractivity contribution is -0.153. The number of carbonyl (C=O) groups excluding carboxylic acids is 1. The predicted molar refractivity (Wildman–Crippen MR) is 59.4 cm³/mol. The molecule has 104 valence electrons. The first kappa shape index (κ1) is 14.9. The molecule has 9 heteroatoms. The van der Waals surface area contributed by atoms with Gasteiger partial charge in [0, 0.05) is 6.54 Å². The minimum absolute atomic E-state index is 0.0149. The number of carbonyl (C=O) groups is 2. The van der Waals surface area contributed by atoms with Crippen LogP contribution in [0.4, 0.5) is 0 Å². The van der Waals surface area contributed by atoms with Gasteiger partial charge in [-0.05, 0) is 6.92 Å². The van der Waals surface area contributed by atoms with Crippen molar-refractivity contribution in [2.45, 2.75) is 13.0 Å². The van der Waals surface area contributed by atoms with Crippen LogP contribution in [-0.4, -0.2) is 67.9 Å². The van der Waals surface area contributed by atoms with E-state index in [2.05, 4.69) is 4.74 Å². The molecule has 0 amide bonds. The van der Waals surface area contributed by atoms with Crippen LogP contribution in [0.25, 0.3) is 0 Å². The Bertz CT molecular complexity index is 419. The van der Waals surface area contributed by atoms with Crippen LogP contribution in [0.3, 0.4) is 0 Å². The van der Waals surface area contributed by atoms with Crippen molar-refractivity contribution >= 4 is 22.0 Å². The summed E-state index contributed by atoms with van der Waals surface area (Å²) in [6.07, 6.45) is -1.20. The zero-order valence-electron chi connectivity index (χ0n) is 9.87. The van der Waals surface area contributed by atoms with Gasteiger partial charge >= 0.3 is 11.9 Å². The molecule has 1 atom stereocenters. The Balaban J connectivity index is 2.67. The predicted octanol–water partition coefficient (Wildman–Crippen LogP) is -1.34. The molecule has 0 saturated carbocycles. The molecule has 1 aliphatic heterocycles. The maximum atomic E-state index is 11.8. The number of sulfonamides is 1. The monoisotopic (exact) mass is 281 g/mol.